The number of nitrogens with one attached hydrogen (secondary N) is 2. The van der Waals surface area contributed by atoms with Gasteiger partial charge in [0.25, 0.3) is 0 Å². The number of aromatic amines is 2. The number of hydrogen-bond donors (Lipinski definition) is 2. The van der Waals surface area contributed by atoms with Crippen LogP contribution in [0.15, 0.2) is 55.1 Å². The monoisotopic (exact) mass is 261 g/mol. The van der Waals surface area contributed by atoms with Gasteiger partial charge in [0, 0.05) is 41.3 Å². The highest BCUT2D eigenvalue weighted by Crippen LogP contribution is 2.25. The van der Waals surface area contributed by atoms with E-state index < -0.39 is 0 Å². The fourth-order valence-corrected chi connectivity index (χ4v) is 2.24. The first kappa shape index (κ1) is 10.9. The molecule has 4 rings (SSSR count). The summed E-state index contributed by atoms with van der Waals surface area (Å²) >= 11 is 0. The van der Waals surface area contributed by atoms with E-state index in [1.807, 2.05) is 42.7 Å². The van der Waals surface area contributed by atoms with Gasteiger partial charge in [-0.05, 0) is 30.3 Å². The van der Waals surface area contributed by atoms with E-state index in [9.17, 15) is 0 Å². The third-order valence-corrected chi connectivity index (χ3v) is 3.25. The van der Waals surface area contributed by atoms with E-state index in [1.165, 1.54) is 0 Å². The summed E-state index contributed by atoms with van der Waals surface area (Å²) in [6, 6.07) is 9.91. The minimum atomic E-state index is 0.875. The molecule has 0 aromatic carbocycles. The third kappa shape index (κ3) is 1.76. The van der Waals surface area contributed by atoms with Gasteiger partial charge >= 0.3 is 0 Å². The third-order valence-electron chi connectivity index (χ3n) is 3.25. The number of aromatic nitrogens is 5. The van der Waals surface area contributed by atoms with Crippen molar-refractivity contribution in [1.82, 2.24) is 25.1 Å². The standard InChI is InChI=1S/C15H11N5/c1-2-10(8-16-4-1)13-7-15(20-19-13)14-6-11-9-17-5-3-12(11)18-14/h1-9,18H,(H,19,20). The molecule has 20 heavy (non-hydrogen) atoms. The number of pyridine rings is 2. The molecule has 0 amide bonds. The highest BCUT2D eigenvalue weighted by molar-refractivity contribution is 5.84. The summed E-state index contributed by atoms with van der Waals surface area (Å²) in [5.74, 6) is 0. The summed E-state index contributed by atoms with van der Waals surface area (Å²) in [6.07, 6.45) is 7.18. The second kappa shape index (κ2) is 4.31. The molecule has 0 radical (unpaired) electrons. The molecule has 4 heterocycles. The largest absolute Gasteiger partial charge is 0.353 e. The molecule has 0 fully saturated rings. The van der Waals surface area contributed by atoms with Crippen LogP contribution in [0.1, 0.15) is 0 Å². The van der Waals surface area contributed by atoms with Gasteiger partial charge in [0.15, 0.2) is 0 Å². The quantitative estimate of drug-likeness (QED) is 0.582. The van der Waals surface area contributed by atoms with Crippen LogP contribution in [0.2, 0.25) is 0 Å². The number of fused-ring (bicyclic) bond motifs is 1. The summed E-state index contributed by atoms with van der Waals surface area (Å²) in [6.45, 7) is 0. The minimum absolute atomic E-state index is 0.875. The average Bonchev–Trinajstić information content (AvgIpc) is 3.14. The van der Waals surface area contributed by atoms with Crippen molar-refractivity contribution in [2.24, 2.45) is 0 Å². The number of rotatable bonds is 2. The minimum Gasteiger partial charge on any atom is -0.353 e. The molecule has 0 aliphatic heterocycles. The Morgan fingerprint density at radius 1 is 0.900 bits per heavy atom. The van der Waals surface area contributed by atoms with Crippen molar-refractivity contribution in [3.63, 3.8) is 0 Å². The Kier molecular flexibility index (Phi) is 2.35. The zero-order valence-corrected chi connectivity index (χ0v) is 10.5. The smallest absolute Gasteiger partial charge is 0.109 e. The summed E-state index contributed by atoms with van der Waals surface area (Å²) in [7, 11) is 0. The molecule has 4 aromatic rings. The molecule has 2 N–H and O–H groups in total. The van der Waals surface area contributed by atoms with Crippen molar-refractivity contribution in [3.8, 4) is 22.6 Å². The maximum Gasteiger partial charge on any atom is 0.109 e. The summed E-state index contributed by atoms with van der Waals surface area (Å²) in [5, 5.41) is 8.47. The molecule has 5 heteroatoms. The number of hydrogen-bond acceptors (Lipinski definition) is 3. The maximum atomic E-state index is 4.35. The summed E-state index contributed by atoms with van der Waals surface area (Å²) < 4.78 is 0. The van der Waals surface area contributed by atoms with Gasteiger partial charge in [-0.15, -0.1) is 0 Å². The van der Waals surface area contributed by atoms with Crippen molar-refractivity contribution < 1.29 is 0 Å². The second-order valence-corrected chi connectivity index (χ2v) is 4.55. The highest BCUT2D eigenvalue weighted by Gasteiger charge is 2.08. The first-order valence-corrected chi connectivity index (χ1v) is 6.29. The molecule has 96 valence electrons. The molecular formula is C15H11N5. The van der Waals surface area contributed by atoms with E-state index in [2.05, 4.69) is 25.1 Å². The zero-order chi connectivity index (χ0) is 13.4. The van der Waals surface area contributed by atoms with Crippen molar-refractivity contribution in [3.05, 3.63) is 55.1 Å². The van der Waals surface area contributed by atoms with Gasteiger partial charge in [0.2, 0.25) is 0 Å². The van der Waals surface area contributed by atoms with E-state index >= 15 is 0 Å². The van der Waals surface area contributed by atoms with Crippen LogP contribution in [-0.4, -0.2) is 25.1 Å². The van der Waals surface area contributed by atoms with E-state index in [1.54, 1.807) is 12.4 Å². The maximum absolute atomic E-state index is 4.35. The molecule has 0 bridgehead atoms. The molecule has 0 unspecified atom stereocenters. The van der Waals surface area contributed by atoms with E-state index in [0.717, 1.165) is 33.5 Å². The number of H-pyrrole nitrogens is 2. The fraction of sp³-hybridized carbons (Fsp3) is 0. The van der Waals surface area contributed by atoms with Crippen molar-refractivity contribution in [2.75, 3.05) is 0 Å². The molecule has 5 nitrogen and oxygen atoms in total. The lowest BCUT2D eigenvalue weighted by Gasteiger charge is -1.93. The van der Waals surface area contributed by atoms with Gasteiger partial charge < -0.3 is 4.98 Å². The molecule has 0 saturated carbocycles. The first-order valence-electron chi connectivity index (χ1n) is 6.29. The highest BCUT2D eigenvalue weighted by atomic mass is 15.1. The van der Waals surface area contributed by atoms with Crippen LogP contribution in [-0.2, 0) is 0 Å². The molecule has 0 spiro atoms. The molecule has 0 atom stereocenters. The van der Waals surface area contributed by atoms with E-state index in [-0.39, 0.29) is 0 Å². The van der Waals surface area contributed by atoms with E-state index in [0.29, 0.717) is 0 Å². The first-order chi connectivity index (χ1) is 9.90. The Hall–Kier alpha value is -2.95. The predicted molar refractivity (Wildman–Crippen MR) is 76.9 cm³/mol. The van der Waals surface area contributed by atoms with Gasteiger partial charge in [-0.2, -0.15) is 5.10 Å². The molecular weight excluding hydrogens is 250 g/mol. The average molecular weight is 261 g/mol. The Balaban J connectivity index is 1.78. The van der Waals surface area contributed by atoms with Crippen LogP contribution >= 0.6 is 0 Å². The van der Waals surface area contributed by atoms with Gasteiger partial charge in [-0.3, -0.25) is 15.1 Å². The van der Waals surface area contributed by atoms with Gasteiger partial charge in [0.1, 0.15) is 5.69 Å². The van der Waals surface area contributed by atoms with E-state index in [4.69, 9.17) is 0 Å². The lowest BCUT2D eigenvalue weighted by molar-refractivity contribution is 1.09. The van der Waals surface area contributed by atoms with Gasteiger partial charge in [-0.1, -0.05) is 0 Å². The SMILES string of the molecule is c1cncc(-c2cc(-c3cc4cnccc4[nH]3)n[nH]2)c1. The molecule has 0 saturated heterocycles. The lowest BCUT2D eigenvalue weighted by Crippen LogP contribution is -1.78. The Morgan fingerprint density at radius 2 is 1.85 bits per heavy atom. The molecule has 4 aromatic heterocycles. The summed E-state index contributed by atoms with van der Waals surface area (Å²) in [5.41, 5.74) is 4.87. The Morgan fingerprint density at radius 3 is 2.70 bits per heavy atom. The van der Waals surface area contributed by atoms with Crippen LogP contribution < -0.4 is 0 Å². The number of nitrogens with zero attached hydrogens (tertiary/aromatic N) is 3. The van der Waals surface area contributed by atoms with Crippen LogP contribution in [0.3, 0.4) is 0 Å². The Labute approximate surface area is 114 Å². The van der Waals surface area contributed by atoms with Gasteiger partial charge in [0.05, 0.1) is 11.4 Å². The lowest BCUT2D eigenvalue weighted by atomic mass is 10.2. The van der Waals surface area contributed by atoms with Crippen LogP contribution in [0, 0.1) is 0 Å². The Bertz CT molecular complexity index is 827. The van der Waals surface area contributed by atoms with Crippen molar-refractivity contribution in [1.29, 1.82) is 0 Å². The molecule has 0 aliphatic carbocycles. The zero-order valence-electron chi connectivity index (χ0n) is 10.5. The van der Waals surface area contributed by atoms with Crippen molar-refractivity contribution >= 4 is 10.9 Å². The summed E-state index contributed by atoms with van der Waals surface area (Å²) in [4.78, 5) is 11.6. The second-order valence-electron chi connectivity index (χ2n) is 4.55. The predicted octanol–water partition coefficient (Wildman–Crippen LogP) is 3.01. The fourth-order valence-electron chi connectivity index (χ4n) is 2.24. The van der Waals surface area contributed by atoms with Crippen molar-refractivity contribution in [2.45, 2.75) is 0 Å². The normalized spacial score (nSPS) is 11.0. The van der Waals surface area contributed by atoms with Crippen LogP contribution in [0.4, 0.5) is 0 Å². The topological polar surface area (TPSA) is 70.2 Å². The van der Waals surface area contributed by atoms with Crippen LogP contribution in [0.25, 0.3) is 33.5 Å². The van der Waals surface area contributed by atoms with Gasteiger partial charge in [-0.25, -0.2) is 0 Å². The van der Waals surface area contributed by atoms with Crippen LogP contribution in [0.5, 0.6) is 0 Å². The molecule has 0 aliphatic rings.